The molecule has 34 heavy (non-hydrogen) atoms. The van der Waals surface area contributed by atoms with Crippen molar-refractivity contribution < 1.29 is 23.9 Å². The molecule has 2 aliphatic heterocycles. The maximum atomic E-state index is 13.3. The molecule has 4 rings (SSSR count). The average Bonchev–Trinajstić information content (AvgIpc) is 3.11. The van der Waals surface area contributed by atoms with E-state index in [9.17, 15) is 19.2 Å². The Labute approximate surface area is 202 Å². The molecule has 1 unspecified atom stereocenters. The Hall–Kier alpha value is -3.59. The van der Waals surface area contributed by atoms with Gasteiger partial charge in [-0.15, -0.1) is 0 Å². The van der Waals surface area contributed by atoms with Crippen LogP contribution in [0.2, 0.25) is 5.02 Å². The Morgan fingerprint density at radius 3 is 2.68 bits per heavy atom. The predicted octanol–water partition coefficient (Wildman–Crippen LogP) is 2.74. The minimum Gasteiger partial charge on any atom is -0.495 e. The molecule has 2 aliphatic rings. The highest BCUT2D eigenvalue weighted by Crippen LogP contribution is 2.43. The minimum absolute atomic E-state index is 0.0944. The lowest BCUT2D eigenvalue weighted by molar-refractivity contribution is -0.135. The molecule has 0 aromatic heterocycles. The van der Waals surface area contributed by atoms with E-state index in [0.717, 1.165) is 0 Å². The van der Waals surface area contributed by atoms with E-state index in [1.807, 2.05) is 0 Å². The van der Waals surface area contributed by atoms with Crippen molar-refractivity contribution in [1.29, 1.82) is 0 Å². The Kier molecular flexibility index (Phi) is 6.22. The number of methoxy groups -OCH3 is 1. The molecule has 0 bridgehead atoms. The molecule has 178 valence electrons. The van der Waals surface area contributed by atoms with Gasteiger partial charge in [-0.25, -0.2) is 0 Å². The minimum atomic E-state index is -0.949. The van der Waals surface area contributed by atoms with Crippen LogP contribution in [0.1, 0.15) is 30.1 Å². The smallest absolute Gasteiger partial charge is 0.258 e. The van der Waals surface area contributed by atoms with Crippen LogP contribution in [0.4, 0.5) is 11.4 Å². The largest absolute Gasteiger partial charge is 0.495 e. The predicted molar refractivity (Wildman–Crippen MR) is 127 cm³/mol. The number of nitrogens with zero attached hydrogens (tertiary/aromatic N) is 3. The van der Waals surface area contributed by atoms with Gasteiger partial charge in [-0.2, -0.15) is 0 Å². The zero-order valence-corrected chi connectivity index (χ0v) is 19.9. The second kappa shape index (κ2) is 8.98. The summed E-state index contributed by atoms with van der Waals surface area (Å²) in [5.41, 5.74) is 0.368. The van der Waals surface area contributed by atoms with E-state index in [2.05, 4.69) is 5.32 Å². The Morgan fingerprint density at radius 1 is 1.21 bits per heavy atom. The summed E-state index contributed by atoms with van der Waals surface area (Å²) in [6.45, 7) is 1.28. The van der Waals surface area contributed by atoms with Crippen molar-refractivity contribution >= 4 is 46.6 Å². The number of fused-ring (bicyclic) bond motifs is 3. The van der Waals surface area contributed by atoms with Gasteiger partial charge < -0.3 is 19.9 Å². The first-order valence-electron chi connectivity index (χ1n) is 10.8. The van der Waals surface area contributed by atoms with Gasteiger partial charge in [0, 0.05) is 18.5 Å². The number of hydrogen-bond acceptors (Lipinski definition) is 5. The summed E-state index contributed by atoms with van der Waals surface area (Å²) in [4.78, 5) is 55.9. The van der Waals surface area contributed by atoms with Gasteiger partial charge >= 0.3 is 0 Å². The fourth-order valence-electron chi connectivity index (χ4n) is 4.47. The first-order valence-corrected chi connectivity index (χ1v) is 11.1. The van der Waals surface area contributed by atoms with Gasteiger partial charge in [-0.3, -0.25) is 24.1 Å². The van der Waals surface area contributed by atoms with Crippen LogP contribution in [0.25, 0.3) is 0 Å². The second-order valence-electron chi connectivity index (χ2n) is 8.50. The Balaban J connectivity index is 1.49. The van der Waals surface area contributed by atoms with E-state index in [0.29, 0.717) is 34.1 Å². The molecule has 10 heteroatoms. The number of benzene rings is 2. The Bertz CT molecular complexity index is 1190. The van der Waals surface area contributed by atoms with Crippen LogP contribution >= 0.6 is 11.6 Å². The number of carbonyl (C=O) groups excluding carboxylic acids is 4. The summed E-state index contributed by atoms with van der Waals surface area (Å²) in [6.07, 6.45) is 0.695. The van der Waals surface area contributed by atoms with Gasteiger partial charge in [0.1, 0.15) is 18.0 Å². The highest BCUT2D eigenvalue weighted by molar-refractivity contribution is 6.31. The number of carbonyl (C=O) groups is 4. The summed E-state index contributed by atoms with van der Waals surface area (Å²) in [5, 5.41) is 3.11. The van der Waals surface area contributed by atoms with Crippen molar-refractivity contribution in [2.75, 3.05) is 37.5 Å². The lowest BCUT2D eigenvalue weighted by Gasteiger charge is -2.48. The molecule has 2 aromatic carbocycles. The van der Waals surface area contributed by atoms with Crippen molar-refractivity contribution in [1.82, 2.24) is 9.80 Å². The molecule has 9 nitrogen and oxygen atoms in total. The van der Waals surface area contributed by atoms with Crippen LogP contribution in [0.3, 0.4) is 0 Å². The molecule has 2 heterocycles. The molecule has 4 amide bonds. The van der Waals surface area contributed by atoms with Gasteiger partial charge in [-0.1, -0.05) is 23.7 Å². The highest BCUT2D eigenvalue weighted by atomic mass is 35.5. The zero-order valence-electron chi connectivity index (χ0n) is 19.1. The standard InChI is InChI=1S/C24H25ClN4O5/c1-24-11-10-21(31)29(24)18-7-5-4-6-16(18)23(33)28(24)14-22(32)27(2)13-20(30)26-17-12-15(25)8-9-19(17)34-3/h4-9,12H,10-11,13-14H2,1-3H3,(H,26,30). The SMILES string of the molecule is COc1ccc(Cl)cc1NC(=O)CN(C)C(=O)CN1C(=O)c2ccccc2N2C(=O)CCC12C. The summed E-state index contributed by atoms with van der Waals surface area (Å²) in [6, 6.07) is 11.7. The highest BCUT2D eigenvalue weighted by Gasteiger charge is 2.53. The average molecular weight is 485 g/mol. The summed E-state index contributed by atoms with van der Waals surface area (Å²) < 4.78 is 5.22. The fraction of sp³-hybridized carbons (Fsp3) is 0.333. The molecule has 0 saturated carbocycles. The molecule has 1 atom stereocenters. The van der Waals surface area contributed by atoms with Crippen LogP contribution in [-0.4, -0.2) is 66.3 Å². The third-order valence-corrected chi connectivity index (χ3v) is 6.52. The molecule has 1 N–H and O–H groups in total. The number of rotatable bonds is 6. The summed E-state index contributed by atoms with van der Waals surface area (Å²) >= 11 is 6.00. The topological polar surface area (TPSA) is 99.3 Å². The molecule has 2 aromatic rings. The van der Waals surface area contributed by atoms with Gasteiger partial charge in [0.05, 0.1) is 30.6 Å². The summed E-state index contributed by atoms with van der Waals surface area (Å²) in [5.74, 6) is -0.859. The van der Waals surface area contributed by atoms with Crippen LogP contribution in [0.15, 0.2) is 42.5 Å². The quantitative estimate of drug-likeness (QED) is 0.679. The molecule has 0 spiro atoms. The van der Waals surface area contributed by atoms with Gasteiger partial charge in [0.2, 0.25) is 17.7 Å². The van der Waals surface area contributed by atoms with Crippen LogP contribution in [0.5, 0.6) is 5.75 Å². The third kappa shape index (κ3) is 4.07. The lowest BCUT2D eigenvalue weighted by atomic mass is 9.98. The van der Waals surface area contributed by atoms with Crippen molar-refractivity contribution in [2.45, 2.75) is 25.4 Å². The first-order chi connectivity index (χ1) is 16.2. The first kappa shape index (κ1) is 23.6. The number of para-hydroxylation sites is 1. The van der Waals surface area contributed by atoms with E-state index in [1.54, 1.807) is 54.3 Å². The van der Waals surface area contributed by atoms with Gasteiger partial charge in [-0.05, 0) is 43.7 Å². The monoisotopic (exact) mass is 484 g/mol. The van der Waals surface area contributed by atoms with Crippen molar-refractivity contribution in [3.05, 3.63) is 53.1 Å². The third-order valence-electron chi connectivity index (χ3n) is 6.28. The number of nitrogens with one attached hydrogen (secondary N) is 1. The van der Waals surface area contributed by atoms with Gasteiger partial charge in [0.25, 0.3) is 5.91 Å². The van der Waals surface area contributed by atoms with Crippen LogP contribution in [0, 0.1) is 0 Å². The zero-order chi connectivity index (χ0) is 24.6. The molecular formula is C24H25ClN4O5. The fourth-order valence-corrected chi connectivity index (χ4v) is 4.64. The van der Waals surface area contributed by atoms with Crippen LogP contribution in [-0.2, 0) is 14.4 Å². The van der Waals surface area contributed by atoms with E-state index in [-0.39, 0.29) is 31.3 Å². The van der Waals surface area contributed by atoms with E-state index in [4.69, 9.17) is 16.3 Å². The normalized spacial score (nSPS) is 18.9. The van der Waals surface area contributed by atoms with Crippen molar-refractivity contribution in [3.63, 3.8) is 0 Å². The maximum absolute atomic E-state index is 13.3. The van der Waals surface area contributed by atoms with Crippen molar-refractivity contribution in [2.24, 2.45) is 0 Å². The number of likely N-dealkylation sites (N-methyl/N-ethyl adjacent to an activating group) is 1. The number of amides is 4. The molecule has 0 aliphatic carbocycles. The summed E-state index contributed by atoms with van der Waals surface area (Å²) in [7, 11) is 2.96. The number of hydrogen-bond donors (Lipinski definition) is 1. The number of halogens is 1. The van der Waals surface area contributed by atoms with E-state index in [1.165, 1.54) is 24.0 Å². The van der Waals surface area contributed by atoms with Crippen LogP contribution < -0.4 is 15.0 Å². The molecular weight excluding hydrogens is 460 g/mol. The number of anilines is 2. The maximum Gasteiger partial charge on any atom is 0.258 e. The lowest BCUT2D eigenvalue weighted by Crippen LogP contribution is -2.64. The van der Waals surface area contributed by atoms with Gasteiger partial charge in [0.15, 0.2) is 0 Å². The van der Waals surface area contributed by atoms with E-state index >= 15 is 0 Å². The molecule has 0 radical (unpaired) electrons. The molecule has 1 saturated heterocycles. The van der Waals surface area contributed by atoms with E-state index < -0.39 is 17.5 Å². The Morgan fingerprint density at radius 2 is 1.94 bits per heavy atom. The molecule has 1 fully saturated rings. The second-order valence-corrected chi connectivity index (χ2v) is 8.93. The number of ether oxygens (including phenoxy) is 1. The van der Waals surface area contributed by atoms with Crippen molar-refractivity contribution in [3.8, 4) is 5.75 Å².